The Kier molecular flexibility index (Phi) is 11.2. The van der Waals surface area contributed by atoms with Gasteiger partial charge in [0.2, 0.25) is 0 Å². The van der Waals surface area contributed by atoms with Crippen molar-refractivity contribution < 1.29 is 4.74 Å². The van der Waals surface area contributed by atoms with E-state index in [4.69, 9.17) is 4.74 Å². The van der Waals surface area contributed by atoms with Crippen molar-refractivity contribution >= 4 is 31.9 Å². The normalized spacial score (nSPS) is 10.9. The SMILES string of the molecule is CCCCCCCCNCc1cc(Br)cc(Br)c1OCCC. The molecule has 0 radical (unpaired) electrons. The van der Waals surface area contributed by atoms with Crippen LogP contribution in [0, 0.1) is 0 Å². The number of rotatable bonds is 12. The average molecular weight is 435 g/mol. The Morgan fingerprint density at radius 2 is 1.68 bits per heavy atom. The maximum Gasteiger partial charge on any atom is 0.138 e. The summed E-state index contributed by atoms with van der Waals surface area (Å²) in [5.74, 6) is 0.973. The number of benzene rings is 1. The second kappa shape index (κ2) is 12.4. The van der Waals surface area contributed by atoms with Crippen molar-refractivity contribution in [2.45, 2.75) is 65.3 Å². The average Bonchev–Trinajstić information content (AvgIpc) is 2.49. The molecule has 2 nitrogen and oxygen atoms in total. The lowest BCUT2D eigenvalue weighted by molar-refractivity contribution is 0.311. The van der Waals surface area contributed by atoms with Gasteiger partial charge in [-0.2, -0.15) is 0 Å². The van der Waals surface area contributed by atoms with Crippen molar-refractivity contribution in [3.63, 3.8) is 0 Å². The topological polar surface area (TPSA) is 21.3 Å². The van der Waals surface area contributed by atoms with Crippen LogP contribution in [0.5, 0.6) is 5.75 Å². The van der Waals surface area contributed by atoms with Gasteiger partial charge in [-0.25, -0.2) is 0 Å². The molecule has 0 amide bonds. The number of hydrogen-bond donors (Lipinski definition) is 1. The van der Waals surface area contributed by atoms with E-state index in [1.165, 1.54) is 44.1 Å². The van der Waals surface area contributed by atoms with Crippen LogP contribution in [-0.4, -0.2) is 13.2 Å². The van der Waals surface area contributed by atoms with Crippen molar-refractivity contribution in [2.24, 2.45) is 0 Å². The zero-order valence-electron chi connectivity index (χ0n) is 13.9. The Balaban J connectivity index is 2.37. The van der Waals surface area contributed by atoms with Gasteiger partial charge in [0.15, 0.2) is 0 Å². The lowest BCUT2D eigenvalue weighted by atomic mass is 10.1. The van der Waals surface area contributed by atoms with Crippen LogP contribution >= 0.6 is 31.9 Å². The Hall–Kier alpha value is -0.0600. The summed E-state index contributed by atoms with van der Waals surface area (Å²) in [5.41, 5.74) is 1.21. The smallest absolute Gasteiger partial charge is 0.138 e. The molecule has 0 aromatic heterocycles. The molecule has 1 N–H and O–H groups in total. The van der Waals surface area contributed by atoms with E-state index < -0.39 is 0 Å². The molecule has 4 heteroatoms. The number of halogens is 2. The highest BCUT2D eigenvalue weighted by atomic mass is 79.9. The van der Waals surface area contributed by atoms with Gasteiger partial charge in [-0.15, -0.1) is 0 Å². The monoisotopic (exact) mass is 433 g/mol. The third kappa shape index (κ3) is 7.98. The standard InChI is InChI=1S/C18H29Br2NO/c1-3-5-6-7-8-9-10-21-14-15-12-16(19)13-17(20)18(15)22-11-4-2/h12-13,21H,3-11,14H2,1-2H3. The molecule has 0 aliphatic rings. The third-order valence-corrected chi connectivity index (χ3v) is 4.61. The summed E-state index contributed by atoms with van der Waals surface area (Å²) in [6, 6.07) is 4.19. The number of ether oxygens (including phenoxy) is 1. The first kappa shape index (κ1) is 20.0. The zero-order valence-corrected chi connectivity index (χ0v) is 17.1. The first-order chi connectivity index (χ1) is 10.7. The minimum absolute atomic E-state index is 0.755. The predicted molar refractivity (Wildman–Crippen MR) is 103 cm³/mol. The molecule has 1 aromatic rings. The minimum Gasteiger partial charge on any atom is -0.492 e. The first-order valence-electron chi connectivity index (χ1n) is 8.50. The van der Waals surface area contributed by atoms with E-state index in [1.54, 1.807) is 0 Å². The van der Waals surface area contributed by atoms with Crippen LogP contribution in [0.25, 0.3) is 0 Å². The Labute approximate surface area is 152 Å². The lowest BCUT2D eigenvalue weighted by Crippen LogP contribution is -2.16. The number of nitrogens with one attached hydrogen (secondary N) is 1. The summed E-state index contributed by atoms with van der Waals surface area (Å²) in [5, 5.41) is 3.54. The van der Waals surface area contributed by atoms with Crippen LogP contribution < -0.4 is 10.1 Å². The first-order valence-corrected chi connectivity index (χ1v) is 10.1. The molecular weight excluding hydrogens is 406 g/mol. The van der Waals surface area contributed by atoms with E-state index >= 15 is 0 Å². The van der Waals surface area contributed by atoms with Crippen LogP contribution in [0.3, 0.4) is 0 Å². The van der Waals surface area contributed by atoms with Crippen molar-refractivity contribution in [3.05, 3.63) is 26.6 Å². The van der Waals surface area contributed by atoms with Gasteiger partial charge in [-0.05, 0) is 47.4 Å². The van der Waals surface area contributed by atoms with Crippen molar-refractivity contribution in [1.82, 2.24) is 5.32 Å². The van der Waals surface area contributed by atoms with Gasteiger partial charge < -0.3 is 10.1 Å². The van der Waals surface area contributed by atoms with Gasteiger partial charge in [0.05, 0.1) is 11.1 Å². The Morgan fingerprint density at radius 3 is 2.41 bits per heavy atom. The van der Waals surface area contributed by atoms with Crippen molar-refractivity contribution in [1.29, 1.82) is 0 Å². The molecule has 0 bridgehead atoms. The molecular formula is C18H29Br2NO. The molecule has 1 aromatic carbocycles. The van der Waals surface area contributed by atoms with Crippen molar-refractivity contribution in [3.8, 4) is 5.75 Å². The Bertz CT molecular complexity index is 424. The van der Waals surface area contributed by atoms with Gasteiger partial charge in [-0.1, -0.05) is 61.9 Å². The van der Waals surface area contributed by atoms with Gasteiger partial charge in [0, 0.05) is 16.6 Å². The van der Waals surface area contributed by atoms with Gasteiger partial charge in [0.25, 0.3) is 0 Å². The summed E-state index contributed by atoms with van der Waals surface area (Å²) < 4.78 is 7.99. The maximum atomic E-state index is 5.89. The van der Waals surface area contributed by atoms with E-state index in [9.17, 15) is 0 Å². The summed E-state index contributed by atoms with van der Waals surface area (Å²) in [6.07, 6.45) is 9.03. The molecule has 0 aliphatic heterocycles. The highest BCUT2D eigenvalue weighted by Gasteiger charge is 2.09. The fourth-order valence-corrected chi connectivity index (χ4v) is 3.79. The largest absolute Gasteiger partial charge is 0.492 e. The highest BCUT2D eigenvalue weighted by molar-refractivity contribution is 9.11. The quantitative estimate of drug-likeness (QED) is 0.381. The zero-order chi connectivity index (χ0) is 16.2. The lowest BCUT2D eigenvalue weighted by Gasteiger charge is -2.14. The summed E-state index contributed by atoms with van der Waals surface area (Å²) in [7, 11) is 0. The highest BCUT2D eigenvalue weighted by Crippen LogP contribution is 2.33. The molecule has 0 saturated heterocycles. The van der Waals surface area contributed by atoms with Crippen LogP contribution in [-0.2, 0) is 6.54 Å². The second-order valence-corrected chi connectivity index (χ2v) is 7.44. The molecule has 0 fully saturated rings. The molecule has 22 heavy (non-hydrogen) atoms. The Morgan fingerprint density at radius 1 is 0.955 bits per heavy atom. The molecule has 0 saturated carbocycles. The van der Waals surface area contributed by atoms with Crippen LogP contribution in [0.15, 0.2) is 21.1 Å². The molecule has 0 aliphatic carbocycles. The molecule has 1 rings (SSSR count). The minimum atomic E-state index is 0.755. The van der Waals surface area contributed by atoms with E-state index in [0.717, 1.165) is 40.8 Å². The van der Waals surface area contributed by atoms with Gasteiger partial charge in [-0.3, -0.25) is 0 Å². The van der Waals surface area contributed by atoms with Crippen LogP contribution in [0.1, 0.15) is 64.4 Å². The number of hydrogen-bond acceptors (Lipinski definition) is 2. The molecule has 0 unspecified atom stereocenters. The predicted octanol–water partition coefficient (Wildman–Crippen LogP) is 6.45. The van der Waals surface area contributed by atoms with Gasteiger partial charge in [0.1, 0.15) is 5.75 Å². The van der Waals surface area contributed by atoms with Crippen LogP contribution in [0.2, 0.25) is 0 Å². The van der Waals surface area contributed by atoms with E-state index in [2.05, 4.69) is 57.1 Å². The van der Waals surface area contributed by atoms with Gasteiger partial charge >= 0.3 is 0 Å². The fraction of sp³-hybridized carbons (Fsp3) is 0.667. The fourth-order valence-electron chi connectivity index (χ4n) is 2.36. The number of unbranched alkanes of at least 4 members (excludes halogenated alkanes) is 5. The molecule has 0 atom stereocenters. The molecule has 126 valence electrons. The summed E-state index contributed by atoms with van der Waals surface area (Å²) in [6.45, 7) is 7.07. The molecule has 0 heterocycles. The van der Waals surface area contributed by atoms with E-state index in [0.29, 0.717) is 0 Å². The van der Waals surface area contributed by atoms with Crippen LogP contribution in [0.4, 0.5) is 0 Å². The van der Waals surface area contributed by atoms with Crippen molar-refractivity contribution in [2.75, 3.05) is 13.2 Å². The second-order valence-electron chi connectivity index (χ2n) is 5.67. The molecule has 0 spiro atoms. The third-order valence-electron chi connectivity index (χ3n) is 3.56. The van der Waals surface area contributed by atoms with E-state index in [-0.39, 0.29) is 0 Å². The van der Waals surface area contributed by atoms with E-state index in [1.807, 2.05) is 6.07 Å². The maximum absolute atomic E-state index is 5.89. The summed E-state index contributed by atoms with van der Waals surface area (Å²) >= 11 is 7.16. The summed E-state index contributed by atoms with van der Waals surface area (Å²) in [4.78, 5) is 0.